The molecule has 0 bridgehead atoms. The molecule has 1 N–H and O–H groups in total. The molecule has 2 aliphatic heterocycles. The van der Waals surface area contributed by atoms with Gasteiger partial charge in [-0.3, -0.25) is 9.59 Å². The van der Waals surface area contributed by atoms with Gasteiger partial charge in [-0.15, -0.1) is 0 Å². The van der Waals surface area contributed by atoms with Crippen molar-refractivity contribution in [1.29, 1.82) is 0 Å². The third-order valence-corrected chi connectivity index (χ3v) is 4.80. The number of nitrogens with one attached hydrogen (secondary N) is 1. The lowest BCUT2D eigenvalue weighted by atomic mass is 9.97. The van der Waals surface area contributed by atoms with Crippen LogP contribution < -0.4 is 5.32 Å². The highest BCUT2D eigenvalue weighted by atomic mass is 16.2. The second-order valence-corrected chi connectivity index (χ2v) is 6.64. The molecular weight excluding hydrogens is 290 g/mol. The summed E-state index contributed by atoms with van der Waals surface area (Å²) < 4.78 is 0. The third-order valence-electron chi connectivity index (χ3n) is 4.80. The van der Waals surface area contributed by atoms with Crippen LogP contribution in [0.1, 0.15) is 36.0 Å². The monoisotopic (exact) mass is 315 g/mol. The van der Waals surface area contributed by atoms with E-state index in [1.165, 1.54) is 0 Å². The Morgan fingerprint density at radius 1 is 1.09 bits per heavy atom. The van der Waals surface area contributed by atoms with E-state index in [0.717, 1.165) is 51.9 Å². The predicted molar refractivity (Wildman–Crippen MR) is 90.4 cm³/mol. The molecule has 0 spiro atoms. The molecule has 0 aromatic heterocycles. The van der Waals surface area contributed by atoms with Crippen LogP contribution in [0.3, 0.4) is 0 Å². The molecule has 1 atom stereocenters. The molecule has 1 aromatic carbocycles. The van der Waals surface area contributed by atoms with E-state index in [1.807, 2.05) is 36.2 Å². The molecule has 2 fully saturated rings. The van der Waals surface area contributed by atoms with Gasteiger partial charge < -0.3 is 15.1 Å². The van der Waals surface area contributed by atoms with Crippen LogP contribution in [0.4, 0.5) is 5.69 Å². The molecule has 1 aromatic rings. The van der Waals surface area contributed by atoms with Crippen molar-refractivity contribution in [2.75, 3.05) is 38.5 Å². The third kappa shape index (κ3) is 3.72. The highest BCUT2D eigenvalue weighted by Crippen LogP contribution is 2.22. The second kappa shape index (κ2) is 7.13. The maximum atomic E-state index is 12.6. The molecule has 2 aliphatic rings. The van der Waals surface area contributed by atoms with Gasteiger partial charge in [0.2, 0.25) is 5.91 Å². The van der Waals surface area contributed by atoms with E-state index in [-0.39, 0.29) is 17.7 Å². The van der Waals surface area contributed by atoms with Crippen molar-refractivity contribution in [2.24, 2.45) is 5.92 Å². The number of benzene rings is 1. The van der Waals surface area contributed by atoms with Crippen LogP contribution in [0.25, 0.3) is 0 Å². The molecule has 3 rings (SSSR count). The minimum atomic E-state index is 0.00342. The normalized spacial score (nSPS) is 22.1. The van der Waals surface area contributed by atoms with Crippen molar-refractivity contribution in [1.82, 2.24) is 9.80 Å². The quantitative estimate of drug-likeness (QED) is 0.930. The number of hydrogen-bond acceptors (Lipinski definition) is 3. The topological polar surface area (TPSA) is 52.7 Å². The van der Waals surface area contributed by atoms with Crippen molar-refractivity contribution < 1.29 is 9.59 Å². The summed E-state index contributed by atoms with van der Waals surface area (Å²) in [4.78, 5) is 29.3. The molecule has 2 saturated heterocycles. The van der Waals surface area contributed by atoms with Crippen molar-refractivity contribution in [3.63, 3.8) is 0 Å². The number of nitrogens with zero attached hydrogens (tertiary/aromatic N) is 2. The number of carbonyl (C=O) groups excluding carboxylic acids is 2. The fourth-order valence-corrected chi connectivity index (χ4v) is 3.48. The van der Waals surface area contributed by atoms with Gasteiger partial charge in [-0.1, -0.05) is 12.1 Å². The molecule has 2 heterocycles. The molecule has 0 aliphatic carbocycles. The van der Waals surface area contributed by atoms with Crippen LogP contribution in [-0.2, 0) is 4.79 Å². The zero-order valence-corrected chi connectivity index (χ0v) is 13.8. The van der Waals surface area contributed by atoms with E-state index >= 15 is 0 Å². The van der Waals surface area contributed by atoms with E-state index in [1.54, 1.807) is 0 Å². The van der Waals surface area contributed by atoms with Gasteiger partial charge in [-0.25, -0.2) is 0 Å². The summed E-state index contributed by atoms with van der Waals surface area (Å²) in [7, 11) is 2.05. The second-order valence-electron chi connectivity index (χ2n) is 6.64. The highest BCUT2D eigenvalue weighted by molar-refractivity contribution is 6.04. The first-order valence-corrected chi connectivity index (χ1v) is 8.53. The molecular formula is C18H25N3O2. The van der Waals surface area contributed by atoms with Crippen LogP contribution >= 0.6 is 0 Å². The minimum absolute atomic E-state index is 0.00342. The largest absolute Gasteiger partial charge is 0.339 e. The number of anilines is 1. The minimum Gasteiger partial charge on any atom is -0.339 e. The Morgan fingerprint density at radius 2 is 1.83 bits per heavy atom. The lowest BCUT2D eigenvalue weighted by Gasteiger charge is -2.29. The summed E-state index contributed by atoms with van der Waals surface area (Å²) >= 11 is 0. The van der Waals surface area contributed by atoms with Gasteiger partial charge in [0.1, 0.15) is 0 Å². The van der Waals surface area contributed by atoms with Gasteiger partial charge in [-0.2, -0.15) is 0 Å². The summed E-state index contributed by atoms with van der Waals surface area (Å²) in [5.41, 5.74) is 1.24. The highest BCUT2D eigenvalue weighted by Gasteiger charge is 2.26. The van der Waals surface area contributed by atoms with Gasteiger partial charge in [0.15, 0.2) is 0 Å². The molecule has 0 unspecified atom stereocenters. The van der Waals surface area contributed by atoms with Gasteiger partial charge in [0, 0.05) is 19.6 Å². The number of para-hydroxylation sites is 1. The molecule has 5 nitrogen and oxygen atoms in total. The zero-order valence-electron chi connectivity index (χ0n) is 13.8. The average Bonchev–Trinajstić information content (AvgIpc) is 3.09. The van der Waals surface area contributed by atoms with Crippen molar-refractivity contribution in [3.05, 3.63) is 29.8 Å². The van der Waals surface area contributed by atoms with Crippen molar-refractivity contribution in [2.45, 2.75) is 25.7 Å². The summed E-state index contributed by atoms with van der Waals surface area (Å²) in [6, 6.07) is 7.35. The van der Waals surface area contributed by atoms with Crippen LogP contribution in [0.2, 0.25) is 0 Å². The standard InChI is InChI=1S/C18H25N3O2/c1-20-10-6-7-14(13-20)17(22)19-16-9-3-2-8-15(16)18(23)21-11-4-5-12-21/h2-3,8-9,14H,4-7,10-13H2,1H3,(H,19,22)/t14-/m0/s1. The number of amides is 2. The van der Waals surface area contributed by atoms with Gasteiger partial charge >= 0.3 is 0 Å². The summed E-state index contributed by atoms with van der Waals surface area (Å²) in [5, 5.41) is 2.99. The maximum absolute atomic E-state index is 12.6. The Balaban J connectivity index is 1.72. The van der Waals surface area contributed by atoms with Gasteiger partial charge in [-0.05, 0) is 51.4 Å². The molecule has 5 heteroatoms. The van der Waals surface area contributed by atoms with Crippen molar-refractivity contribution >= 4 is 17.5 Å². The van der Waals surface area contributed by atoms with E-state index in [4.69, 9.17) is 0 Å². The van der Waals surface area contributed by atoms with Gasteiger partial charge in [0.05, 0.1) is 17.2 Å². The van der Waals surface area contributed by atoms with Crippen LogP contribution in [0.5, 0.6) is 0 Å². The first-order valence-electron chi connectivity index (χ1n) is 8.53. The SMILES string of the molecule is CN1CCC[C@H](C(=O)Nc2ccccc2C(=O)N2CCCC2)C1. The summed E-state index contributed by atoms with van der Waals surface area (Å²) in [6.07, 6.45) is 4.09. The Morgan fingerprint density at radius 3 is 2.57 bits per heavy atom. The molecule has 0 saturated carbocycles. The lowest BCUT2D eigenvalue weighted by molar-refractivity contribution is -0.121. The van der Waals surface area contributed by atoms with Crippen LogP contribution in [0.15, 0.2) is 24.3 Å². The van der Waals surface area contributed by atoms with Gasteiger partial charge in [0.25, 0.3) is 5.91 Å². The van der Waals surface area contributed by atoms with E-state index in [0.29, 0.717) is 11.3 Å². The Bertz CT molecular complexity index is 581. The predicted octanol–water partition coefficient (Wildman–Crippen LogP) is 2.20. The fraction of sp³-hybridized carbons (Fsp3) is 0.556. The fourth-order valence-electron chi connectivity index (χ4n) is 3.48. The Hall–Kier alpha value is -1.88. The molecule has 23 heavy (non-hydrogen) atoms. The molecule has 0 radical (unpaired) electrons. The summed E-state index contributed by atoms with van der Waals surface area (Å²) in [5.74, 6) is 0.0566. The number of piperidine rings is 1. The number of rotatable bonds is 3. The first kappa shape index (κ1) is 16.0. The lowest BCUT2D eigenvalue weighted by Crippen LogP contribution is -2.38. The zero-order chi connectivity index (χ0) is 16.2. The first-order chi connectivity index (χ1) is 11.1. The van der Waals surface area contributed by atoms with E-state index in [9.17, 15) is 9.59 Å². The van der Waals surface area contributed by atoms with Crippen LogP contribution in [-0.4, -0.2) is 54.8 Å². The average molecular weight is 315 g/mol. The molecule has 2 amide bonds. The number of likely N-dealkylation sites (tertiary alicyclic amines) is 2. The van der Waals surface area contributed by atoms with Crippen molar-refractivity contribution in [3.8, 4) is 0 Å². The van der Waals surface area contributed by atoms with Crippen LogP contribution in [0, 0.1) is 5.92 Å². The Labute approximate surface area is 137 Å². The maximum Gasteiger partial charge on any atom is 0.255 e. The molecule has 124 valence electrons. The summed E-state index contributed by atoms with van der Waals surface area (Å²) in [6.45, 7) is 3.46. The Kier molecular flexibility index (Phi) is 4.96. The van der Waals surface area contributed by atoms with E-state index < -0.39 is 0 Å². The number of carbonyl (C=O) groups is 2. The number of hydrogen-bond donors (Lipinski definition) is 1. The van der Waals surface area contributed by atoms with E-state index in [2.05, 4.69) is 10.2 Å². The smallest absolute Gasteiger partial charge is 0.255 e.